The Labute approximate surface area is 117 Å². The largest absolute Gasteiger partial charge is 0.366 e. The van der Waals surface area contributed by atoms with Crippen LogP contribution in [-0.2, 0) is 0 Å². The summed E-state index contributed by atoms with van der Waals surface area (Å²) in [5, 5.41) is 8.10. The summed E-state index contributed by atoms with van der Waals surface area (Å²) in [6.07, 6.45) is 7.87. The van der Waals surface area contributed by atoms with E-state index in [9.17, 15) is 0 Å². The van der Waals surface area contributed by atoms with Crippen LogP contribution in [0.3, 0.4) is 0 Å². The molecule has 4 heteroatoms. The number of anilines is 1. The molecule has 2 rings (SSSR count). The van der Waals surface area contributed by atoms with Crippen LogP contribution in [0, 0.1) is 0 Å². The normalized spacial score (nSPS) is 24.2. The van der Waals surface area contributed by atoms with Gasteiger partial charge in [0.05, 0.1) is 11.9 Å². The Bertz CT molecular complexity index is 385. The van der Waals surface area contributed by atoms with Crippen molar-refractivity contribution in [3.05, 3.63) is 12.4 Å². The number of hydrogen-bond acceptors (Lipinski definition) is 3. The van der Waals surface area contributed by atoms with Gasteiger partial charge in [0, 0.05) is 30.9 Å². The first-order valence-corrected chi connectivity index (χ1v) is 7.66. The van der Waals surface area contributed by atoms with Gasteiger partial charge in [-0.25, -0.2) is 0 Å². The predicted molar refractivity (Wildman–Crippen MR) is 80.7 cm³/mol. The molecule has 1 aromatic rings. The summed E-state index contributed by atoms with van der Waals surface area (Å²) in [5.41, 5.74) is 1.27. The molecule has 19 heavy (non-hydrogen) atoms. The summed E-state index contributed by atoms with van der Waals surface area (Å²) >= 11 is 0. The molecule has 1 fully saturated rings. The highest BCUT2D eigenvalue weighted by atomic mass is 15.3. The topological polar surface area (TPSA) is 33.1 Å². The average Bonchev–Trinajstić information content (AvgIpc) is 2.86. The summed E-state index contributed by atoms with van der Waals surface area (Å²) in [4.78, 5) is 2.50. The highest BCUT2D eigenvalue weighted by Crippen LogP contribution is 2.25. The Balaban J connectivity index is 1.95. The van der Waals surface area contributed by atoms with E-state index in [0.29, 0.717) is 18.1 Å². The monoisotopic (exact) mass is 264 g/mol. The van der Waals surface area contributed by atoms with Gasteiger partial charge in [0.2, 0.25) is 0 Å². The first kappa shape index (κ1) is 14.4. The van der Waals surface area contributed by atoms with Gasteiger partial charge in [-0.2, -0.15) is 5.10 Å². The molecule has 1 aromatic heterocycles. The van der Waals surface area contributed by atoms with Crippen molar-refractivity contribution in [2.75, 3.05) is 18.0 Å². The molecule has 2 unspecified atom stereocenters. The molecule has 2 heterocycles. The Morgan fingerprint density at radius 1 is 1.47 bits per heavy atom. The second-order valence-corrected chi connectivity index (χ2v) is 5.99. The third-order valence-corrected chi connectivity index (χ3v) is 4.01. The van der Waals surface area contributed by atoms with Crippen LogP contribution >= 0.6 is 0 Å². The Morgan fingerprint density at radius 2 is 2.26 bits per heavy atom. The molecule has 0 saturated carbocycles. The van der Waals surface area contributed by atoms with E-state index in [4.69, 9.17) is 0 Å². The molecule has 2 atom stereocenters. The van der Waals surface area contributed by atoms with E-state index < -0.39 is 0 Å². The zero-order valence-corrected chi connectivity index (χ0v) is 12.8. The van der Waals surface area contributed by atoms with Crippen molar-refractivity contribution in [1.29, 1.82) is 0 Å². The number of nitrogens with one attached hydrogen (secondary N) is 1. The van der Waals surface area contributed by atoms with Crippen molar-refractivity contribution in [3.8, 4) is 0 Å². The zero-order valence-electron chi connectivity index (χ0n) is 12.8. The minimum Gasteiger partial charge on any atom is -0.366 e. The van der Waals surface area contributed by atoms with Gasteiger partial charge >= 0.3 is 0 Å². The molecule has 1 N–H and O–H groups in total. The highest BCUT2D eigenvalue weighted by Gasteiger charge is 2.25. The molecule has 0 spiro atoms. The van der Waals surface area contributed by atoms with Crippen molar-refractivity contribution in [2.45, 2.75) is 65.1 Å². The maximum absolute atomic E-state index is 4.45. The third-order valence-electron chi connectivity index (χ3n) is 4.01. The van der Waals surface area contributed by atoms with Crippen LogP contribution in [0.5, 0.6) is 0 Å². The molecular formula is C15H28N4. The van der Waals surface area contributed by atoms with Crippen LogP contribution in [0.2, 0.25) is 0 Å². The van der Waals surface area contributed by atoms with Crippen LogP contribution in [0.25, 0.3) is 0 Å². The number of rotatable bonds is 5. The molecule has 4 nitrogen and oxygen atoms in total. The van der Waals surface area contributed by atoms with E-state index in [1.165, 1.54) is 24.9 Å². The van der Waals surface area contributed by atoms with Crippen LogP contribution in [0.1, 0.15) is 53.0 Å². The van der Waals surface area contributed by atoms with Crippen LogP contribution in [-0.4, -0.2) is 35.0 Å². The number of aromatic nitrogens is 2. The quantitative estimate of drug-likeness (QED) is 0.888. The van der Waals surface area contributed by atoms with E-state index in [-0.39, 0.29) is 0 Å². The van der Waals surface area contributed by atoms with Gasteiger partial charge in [-0.3, -0.25) is 4.68 Å². The van der Waals surface area contributed by atoms with Crippen molar-refractivity contribution in [2.24, 2.45) is 0 Å². The minimum absolute atomic E-state index is 0.438. The van der Waals surface area contributed by atoms with Crippen molar-refractivity contribution < 1.29 is 0 Å². The average molecular weight is 264 g/mol. The smallest absolute Gasteiger partial charge is 0.0755 e. The molecule has 0 aliphatic carbocycles. The van der Waals surface area contributed by atoms with E-state index >= 15 is 0 Å². The van der Waals surface area contributed by atoms with Crippen LogP contribution in [0.4, 0.5) is 5.69 Å². The molecule has 0 amide bonds. The van der Waals surface area contributed by atoms with Crippen LogP contribution in [0.15, 0.2) is 12.4 Å². The maximum Gasteiger partial charge on any atom is 0.0755 e. The fourth-order valence-corrected chi connectivity index (χ4v) is 2.85. The van der Waals surface area contributed by atoms with Gasteiger partial charge in [-0.1, -0.05) is 6.92 Å². The van der Waals surface area contributed by atoms with Gasteiger partial charge in [0.15, 0.2) is 0 Å². The molecule has 108 valence electrons. The third kappa shape index (κ3) is 3.50. The summed E-state index contributed by atoms with van der Waals surface area (Å²) in [6, 6.07) is 1.71. The number of hydrogen-bond donors (Lipinski definition) is 1. The minimum atomic E-state index is 0.438. The van der Waals surface area contributed by atoms with Crippen LogP contribution < -0.4 is 10.2 Å². The zero-order chi connectivity index (χ0) is 13.8. The molecule has 1 aliphatic rings. The Hall–Kier alpha value is -1.03. The highest BCUT2D eigenvalue weighted by molar-refractivity contribution is 5.44. The van der Waals surface area contributed by atoms with Gasteiger partial charge in [-0.15, -0.1) is 0 Å². The standard InChI is InChI=1S/C15H28N4/c1-5-7-16-14-6-8-18(13(4)9-14)15-10-17-19(11-15)12(2)3/h10-14,16H,5-9H2,1-4H3. The summed E-state index contributed by atoms with van der Waals surface area (Å²) in [5.74, 6) is 0. The second kappa shape index (κ2) is 6.42. The summed E-state index contributed by atoms with van der Waals surface area (Å²) in [6.45, 7) is 11.2. The fraction of sp³-hybridized carbons (Fsp3) is 0.800. The van der Waals surface area contributed by atoms with Gasteiger partial charge < -0.3 is 10.2 Å². The van der Waals surface area contributed by atoms with Gasteiger partial charge in [0.1, 0.15) is 0 Å². The maximum atomic E-state index is 4.45. The fourth-order valence-electron chi connectivity index (χ4n) is 2.85. The molecule has 0 aromatic carbocycles. The lowest BCUT2D eigenvalue weighted by Crippen LogP contribution is -2.47. The van der Waals surface area contributed by atoms with Crippen molar-refractivity contribution in [3.63, 3.8) is 0 Å². The second-order valence-electron chi connectivity index (χ2n) is 5.99. The number of nitrogens with zero attached hydrogens (tertiary/aromatic N) is 3. The lowest BCUT2D eigenvalue weighted by molar-refractivity contribution is 0.368. The lowest BCUT2D eigenvalue weighted by Gasteiger charge is -2.38. The van der Waals surface area contributed by atoms with E-state index in [0.717, 1.165) is 13.1 Å². The number of piperidine rings is 1. The summed E-state index contributed by atoms with van der Waals surface area (Å²) < 4.78 is 2.05. The van der Waals surface area contributed by atoms with Gasteiger partial charge in [0.25, 0.3) is 0 Å². The first-order valence-electron chi connectivity index (χ1n) is 7.66. The van der Waals surface area contributed by atoms with Gasteiger partial charge in [-0.05, 0) is 46.6 Å². The Kier molecular flexibility index (Phi) is 4.86. The molecule has 0 bridgehead atoms. The van der Waals surface area contributed by atoms with E-state index in [2.05, 4.69) is 49.2 Å². The van der Waals surface area contributed by atoms with E-state index in [1.54, 1.807) is 0 Å². The molecule has 1 saturated heterocycles. The molecular weight excluding hydrogens is 236 g/mol. The summed E-state index contributed by atoms with van der Waals surface area (Å²) in [7, 11) is 0. The first-order chi connectivity index (χ1) is 9.11. The molecule has 0 radical (unpaired) electrons. The predicted octanol–water partition coefficient (Wildman–Crippen LogP) is 2.82. The molecule has 1 aliphatic heterocycles. The van der Waals surface area contributed by atoms with Crippen molar-refractivity contribution >= 4 is 5.69 Å². The lowest BCUT2D eigenvalue weighted by atomic mass is 9.98. The van der Waals surface area contributed by atoms with E-state index in [1.807, 2.05) is 10.9 Å². The van der Waals surface area contributed by atoms with Crippen molar-refractivity contribution in [1.82, 2.24) is 15.1 Å². The SMILES string of the molecule is CCCNC1CCN(c2cnn(C(C)C)c2)C(C)C1. The Morgan fingerprint density at radius 3 is 2.84 bits per heavy atom.